The van der Waals surface area contributed by atoms with Gasteiger partial charge in [-0.05, 0) is 42.0 Å². The van der Waals surface area contributed by atoms with Gasteiger partial charge in [0.05, 0.1) is 16.6 Å². The lowest BCUT2D eigenvalue weighted by Crippen LogP contribution is -2.31. The van der Waals surface area contributed by atoms with Crippen molar-refractivity contribution in [2.75, 3.05) is 0 Å². The molecule has 0 spiro atoms. The minimum Gasteiger partial charge on any atom is -0.409 e. The molecule has 0 aliphatic carbocycles. The molecule has 0 atom stereocenters. The van der Waals surface area contributed by atoms with Gasteiger partial charge < -0.3 is 4.42 Å². The molecule has 0 fully saturated rings. The second-order valence-electron chi connectivity index (χ2n) is 5.17. The summed E-state index contributed by atoms with van der Waals surface area (Å²) >= 11 is 5.80. The van der Waals surface area contributed by atoms with Crippen molar-refractivity contribution in [1.29, 1.82) is 0 Å². The van der Waals surface area contributed by atoms with Crippen molar-refractivity contribution in [2.24, 2.45) is 0 Å². The first-order chi connectivity index (χ1) is 11.7. The predicted octanol–water partition coefficient (Wildman–Crippen LogP) is 4.09. The van der Waals surface area contributed by atoms with Gasteiger partial charge in [0.15, 0.2) is 0 Å². The second-order valence-corrected chi connectivity index (χ2v) is 5.60. The van der Waals surface area contributed by atoms with Gasteiger partial charge in [0.25, 0.3) is 5.56 Å². The lowest BCUT2D eigenvalue weighted by atomic mass is 10.1. The van der Waals surface area contributed by atoms with E-state index in [0.717, 1.165) is 6.07 Å². The summed E-state index contributed by atoms with van der Waals surface area (Å²) in [7, 11) is 0. The molecule has 3 rings (SSSR count). The van der Waals surface area contributed by atoms with Crippen molar-refractivity contribution in [3.63, 3.8) is 0 Å². The lowest BCUT2D eigenvalue weighted by molar-refractivity contribution is -0.137. The summed E-state index contributed by atoms with van der Waals surface area (Å²) < 4.78 is 57.2. The number of hydrogen-bond acceptors (Lipinski definition) is 3. The highest BCUT2D eigenvalue weighted by atomic mass is 35.5. The van der Waals surface area contributed by atoms with E-state index in [1.54, 1.807) is 0 Å². The Morgan fingerprint density at radius 2 is 1.80 bits per heavy atom. The number of nitrogens with zero attached hydrogens (tertiary/aromatic N) is 1. The molecule has 0 unspecified atom stereocenters. The Morgan fingerprint density at radius 1 is 1.08 bits per heavy atom. The Hall–Kier alpha value is -2.61. The van der Waals surface area contributed by atoms with Crippen LogP contribution in [0.3, 0.4) is 0 Å². The third kappa shape index (κ3) is 3.17. The molecule has 2 aromatic carbocycles. The van der Waals surface area contributed by atoms with Gasteiger partial charge in [-0.2, -0.15) is 13.2 Å². The minimum atomic E-state index is -4.77. The number of hydrogen-bond donors (Lipinski definition) is 0. The quantitative estimate of drug-likeness (QED) is 0.636. The fourth-order valence-corrected chi connectivity index (χ4v) is 2.54. The van der Waals surface area contributed by atoms with E-state index in [9.17, 15) is 27.2 Å². The molecule has 0 radical (unpaired) electrons. The van der Waals surface area contributed by atoms with Gasteiger partial charge in [0.1, 0.15) is 12.3 Å². The molecule has 0 aliphatic rings. The zero-order chi connectivity index (χ0) is 18.4. The van der Waals surface area contributed by atoms with Crippen LogP contribution in [0, 0.1) is 0 Å². The maximum atomic E-state index is 13.0. The molecule has 1 heterocycles. The molecule has 0 saturated heterocycles. The average Bonchev–Trinajstić information content (AvgIpc) is 2.54. The first-order valence-electron chi connectivity index (χ1n) is 6.83. The van der Waals surface area contributed by atoms with Crippen LogP contribution in [0.1, 0.15) is 11.1 Å². The Morgan fingerprint density at radius 3 is 2.44 bits per heavy atom. The van der Waals surface area contributed by atoms with Crippen LogP contribution in [0.4, 0.5) is 17.6 Å². The summed E-state index contributed by atoms with van der Waals surface area (Å²) in [6, 6.07) is 6.07. The van der Waals surface area contributed by atoms with Gasteiger partial charge >= 0.3 is 11.9 Å². The van der Waals surface area contributed by atoms with Crippen LogP contribution in [0.15, 0.2) is 50.4 Å². The Balaban J connectivity index is 2.37. The van der Waals surface area contributed by atoms with Crippen molar-refractivity contribution in [3.8, 4) is 5.69 Å². The maximum absolute atomic E-state index is 13.0. The van der Waals surface area contributed by atoms with Gasteiger partial charge in [-0.1, -0.05) is 11.6 Å². The number of rotatable bonds is 2. The highest BCUT2D eigenvalue weighted by Gasteiger charge is 2.31. The van der Waals surface area contributed by atoms with E-state index in [1.807, 2.05) is 0 Å². The molecule has 0 aliphatic heterocycles. The minimum absolute atomic E-state index is 0.0617. The van der Waals surface area contributed by atoms with Crippen LogP contribution in [0.2, 0.25) is 5.02 Å². The van der Waals surface area contributed by atoms with Crippen molar-refractivity contribution in [3.05, 3.63) is 73.5 Å². The maximum Gasteiger partial charge on any atom is 0.426 e. The third-order valence-electron chi connectivity index (χ3n) is 3.47. The van der Waals surface area contributed by atoms with Crippen LogP contribution < -0.4 is 11.3 Å². The van der Waals surface area contributed by atoms with Crippen LogP contribution in [0.5, 0.6) is 0 Å². The standard InChI is InChI=1S/C16H8ClF4NO3/c17-10-1-2-13-12(6-10)14(23)22(15(24)25-13)11-4-8(7-18)3-9(5-11)16(19,20)21/h1-6H,7H2. The fraction of sp³-hybridized carbons (Fsp3) is 0.125. The molecule has 4 nitrogen and oxygen atoms in total. The third-order valence-corrected chi connectivity index (χ3v) is 3.71. The zero-order valence-electron chi connectivity index (χ0n) is 12.2. The average molecular weight is 374 g/mol. The highest BCUT2D eigenvalue weighted by Crippen LogP contribution is 2.31. The first-order valence-corrected chi connectivity index (χ1v) is 7.21. The molecule has 130 valence electrons. The van der Waals surface area contributed by atoms with E-state index in [0.29, 0.717) is 16.7 Å². The van der Waals surface area contributed by atoms with E-state index in [1.165, 1.54) is 18.2 Å². The first kappa shape index (κ1) is 17.2. The van der Waals surface area contributed by atoms with Crippen LogP contribution in [-0.2, 0) is 12.9 Å². The lowest BCUT2D eigenvalue weighted by Gasteiger charge is -2.12. The van der Waals surface area contributed by atoms with Crippen LogP contribution in [0.25, 0.3) is 16.7 Å². The second kappa shape index (κ2) is 6.03. The smallest absolute Gasteiger partial charge is 0.409 e. The van der Waals surface area contributed by atoms with E-state index < -0.39 is 35.4 Å². The number of alkyl halides is 4. The summed E-state index contributed by atoms with van der Waals surface area (Å²) in [5, 5.41) is 0.0878. The molecule has 0 saturated carbocycles. The summed E-state index contributed by atoms with van der Waals surface area (Å²) in [5.41, 5.74) is -2.94. The molecule has 0 bridgehead atoms. The molecule has 1 aromatic heterocycles. The molecule has 3 aromatic rings. The molecule has 9 heteroatoms. The van der Waals surface area contributed by atoms with Gasteiger partial charge in [0, 0.05) is 5.02 Å². The fourth-order valence-electron chi connectivity index (χ4n) is 2.37. The number of halogens is 5. The number of aromatic nitrogens is 1. The summed E-state index contributed by atoms with van der Waals surface area (Å²) in [4.78, 5) is 24.6. The van der Waals surface area contributed by atoms with E-state index >= 15 is 0 Å². The number of benzene rings is 2. The van der Waals surface area contributed by atoms with Crippen molar-refractivity contribution >= 4 is 22.6 Å². The predicted molar refractivity (Wildman–Crippen MR) is 82.9 cm³/mol. The topological polar surface area (TPSA) is 52.2 Å². The summed E-state index contributed by atoms with van der Waals surface area (Å²) in [6.07, 6.45) is -4.77. The summed E-state index contributed by atoms with van der Waals surface area (Å²) in [6.45, 7) is -1.20. The van der Waals surface area contributed by atoms with Gasteiger partial charge in [-0.25, -0.2) is 13.8 Å². The van der Waals surface area contributed by atoms with Crippen molar-refractivity contribution in [2.45, 2.75) is 12.9 Å². The molecule has 25 heavy (non-hydrogen) atoms. The van der Waals surface area contributed by atoms with E-state index in [-0.39, 0.29) is 21.6 Å². The van der Waals surface area contributed by atoms with E-state index in [4.69, 9.17) is 16.0 Å². The van der Waals surface area contributed by atoms with E-state index in [2.05, 4.69) is 0 Å². The van der Waals surface area contributed by atoms with Crippen molar-refractivity contribution in [1.82, 2.24) is 4.57 Å². The number of fused-ring (bicyclic) bond motifs is 1. The van der Waals surface area contributed by atoms with Gasteiger partial charge in [-0.15, -0.1) is 0 Å². The van der Waals surface area contributed by atoms with Gasteiger partial charge in [0.2, 0.25) is 0 Å². The Labute approximate surface area is 141 Å². The molecular formula is C16H8ClF4NO3. The normalized spacial score (nSPS) is 11.9. The largest absolute Gasteiger partial charge is 0.426 e. The Bertz CT molecular complexity index is 1090. The SMILES string of the molecule is O=c1oc2ccc(Cl)cc2c(=O)n1-c1cc(CF)cc(C(F)(F)F)c1. The zero-order valence-corrected chi connectivity index (χ0v) is 13.0. The van der Waals surface area contributed by atoms with Crippen LogP contribution >= 0.6 is 11.6 Å². The molecule has 0 N–H and O–H groups in total. The van der Waals surface area contributed by atoms with Gasteiger partial charge in [-0.3, -0.25) is 4.79 Å². The van der Waals surface area contributed by atoms with Crippen LogP contribution in [-0.4, -0.2) is 4.57 Å². The van der Waals surface area contributed by atoms with Crippen molar-refractivity contribution < 1.29 is 22.0 Å². The molecular weight excluding hydrogens is 366 g/mol. The Kier molecular flexibility index (Phi) is 4.16. The molecule has 0 amide bonds. The monoisotopic (exact) mass is 373 g/mol. The highest BCUT2D eigenvalue weighted by molar-refractivity contribution is 6.31. The summed E-state index contributed by atoms with van der Waals surface area (Å²) in [5.74, 6) is -1.19.